The molecule has 0 spiro atoms. The number of aliphatic hydroxyl groups is 1. The fourth-order valence-electron chi connectivity index (χ4n) is 1.86. The van der Waals surface area contributed by atoms with Crippen molar-refractivity contribution >= 4 is 40.7 Å². The van der Waals surface area contributed by atoms with Crippen molar-refractivity contribution in [1.82, 2.24) is 9.88 Å². The number of pyridine rings is 1. The van der Waals surface area contributed by atoms with Crippen LogP contribution in [-0.2, 0) is 0 Å². The Bertz CT molecular complexity index is 505. The summed E-state index contributed by atoms with van der Waals surface area (Å²) in [5.74, 6) is -0.351. The minimum absolute atomic E-state index is 0.0423. The van der Waals surface area contributed by atoms with Crippen LogP contribution in [0.25, 0.3) is 0 Å². The van der Waals surface area contributed by atoms with Gasteiger partial charge in [0.2, 0.25) is 0 Å². The molecule has 1 amide bonds. The molecule has 1 aliphatic rings. The Morgan fingerprint density at radius 2 is 2.11 bits per heavy atom. The summed E-state index contributed by atoms with van der Waals surface area (Å²) in [6.45, 7) is 2.40. The Morgan fingerprint density at radius 1 is 1.44 bits per heavy atom. The van der Waals surface area contributed by atoms with E-state index in [1.165, 1.54) is 11.1 Å². The lowest BCUT2D eigenvalue weighted by Crippen LogP contribution is -2.34. The molecule has 1 aromatic rings. The number of hydrogen-bond donors (Lipinski definition) is 1. The molecule has 1 saturated heterocycles. The highest BCUT2D eigenvalue weighted by Gasteiger charge is 2.35. The Balaban J connectivity index is 2.28. The molecule has 1 aliphatic heterocycles. The van der Waals surface area contributed by atoms with Crippen molar-refractivity contribution in [1.29, 1.82) is 0 Å². The van der Waals surface area contributed by atoms with Gasteiger partial charge in [0.15, 0.2) is 0 Å². The predicted molar refractivity (Wildman–Crippen MR) is 70.4 cm³/mol. The number of hydrogen-bond acceptors (Lipinski definition) is 3. The Hall–Kier alpha value is -0.550. The average Bonchev–Trinajstić information content (AvgIpc) is 2.66. The topological polar surface area (TPSA) is 53.4 Å². The van der Waals surface area contributed by atoms with E-state index >= 15 is 0 Å². The molecular formula is C11H11Cl3N2O2. The summed E-state index contributed by atoms with van der Waals surface area (Å²) < 4.78 is 0. The summed E-state index contributed by atoms with van der Waals surface area (Å²) in [6.07, 6.45) is 1.81. The number of likely N-dealkylation sites (tertiary alicyclic amines) is 1. The number of halogens is 3. The molecular weight excluding hydrogens is 298 g/mol. The molecule has 1 aromatic heterocycles. The largest absolute Gasteiger partial charge is 0.388 e. The van der Waals surface area contributed by atoms with Crippen LogP contribution in [0.3, 0.4) is 0 Å². The van der Waals surface area contributed by atoms with Crippen LogP contribution in [0.2, 0.25) is 15.1 Å². The summed E-state index contributed by atoms with van der Waals surface area (Å²) in [6, 6.07) is 0. The maximum atomic E-state index is 12.2. The van der Waals surface area contributed by atoms with E-state index in [0.29, 0.717) is 13.0 Å². The van der Waals surface area contributed by atoms with Crippen LogP contribution in [0.15, 0.2) is 6.20 Å². The first-order chi connectivity index (χ1) is 8.32. The first kappa shape index (κ1) is 13.9. The first-order valence-electron chi connectivity index (χ1n) is 5.33. The number of β-amino-alcohol motifs (C(OH)–C–C–N with tert-alkyl or cyclic N) is 1. The molecule has 4 nitrogen and oxygen atoms in total. The number of aromatic nitrogens is 1. The summed E-state index contributed by atoms with van der Waals surface area (Å²) >= 11 is 17.6. The number of amides is 1. The van der Waals surface area contributed by atoms with E-state index in [2.05, 4.69) is 4.98 Å². The van der Waals surface area contributed by atoms with Gasteiger partial charge in [0, 0.05) is 19.3 Å². The fourth-order valence-corrected chi connectivity index (χ4v) is 2.42. The predicted octanol–water partition coefficient (Wildman–Crippen LogP) is 2.64. The van der Waals surface area contributed by atoms with E-state index in [9.17, 15) is 9.90 Å². The second-order valence-electron chi connectivity index (χ2n) is 4.56. The zero-order chi connectivity index (χ0) is 13.5. The van der Waals surface area contributed by atoms with Gasteiger partial charge in [-0.2, -0.15) is 0 Å². The highest BCUT2D eigenvalue weighted by molar-refractivity contribution is 6.48. The SMILES string of the molecule is CC1(O)CCN(C(=O)c2ncc(Cl)c(Cl)c2Cl)C1. The third-order valence-corrected chi connectivity index (χ3v) is 4.10. The smallest absolute Gasteiger partial charge is 0.274 e. The van der Waals surface area contributed by atoms with Gasteiger partial charge in [-0.3, -0.25) is 4.79 Å². The van der Waals surface area contributed by atoms with Crippen LogP contribution in [0.4, 0.5) is 0 Å². The molecule has 2 rings (SSSR count). The van der Waals surface area contributed by atoms with Gasteiger partial charge in [0.1, 0.15) is 5.69 Å². The Labute approximate surface area is 119 Å². The molecule has 2 heterocycles. The summed E-state index contributed by atoms with van der Waals surface area (Å²) in [5, 5.41) is 10.2. The molecule has 1 unspecified atom stereocenters. The lowest BCUT2D eigenvalue weighted by Gasteiger charge is -2.19. The van der Waals surface area contributed by atoms with E-state index in [-0.39, 0.29) is 33.2 Å². The molecule has 0 bridgehead atoms. The standard InChI is InChI=1S/C11H11Cl3N2O2/c1-11(18)2-3-16(5-11)10(17)9-8(14)7(13)6(12)4-15-9/h4,18H,2-3,5H2,1H3. The second-order valence-corrected chi connectivity index (χ2v) is 5.72. The number of carbonyl (C=O) groups is 1. The van der Waals surface area contributed by atoms with Gasteiger partial charge in [0.05, 0.1) is 20.7 Å². The first-order valence-corrected chi connectivity index (χ1v) is 6.46. The summed E-state index contributed by atoms with van der Waals surface area (Å²) in [5.41, 5.74) is -0.804. The van der Waals surface area contributed by atoms with Crippen molar-refractivity contribution < 1.29 is 9.90 Å². The lowest BCUT2D eigenvalue weighted by atomic mass is 10.1. The number of nitrogens with zero attached hydrogens (tertiary/aromatic N) is 2. The molecule has 1 atom stereocenters. The molecule has 98 valence electrons. The van der Waals surface area contributed by atoms with E-state index in [1.54, 1.807) is 6.92 Å². The van der Waals surface area contributed by atoms with E-state index in [4.69, 9.17) is 34.8 Å². The maximum Gasteiger partial charge on any atom is 0.274 e. The molecule has 1 N–H and O–H groups in total. The van der Waals surface area contributed by atoms with E-state index in [1.807, 2.05) is 0 Å². The van der Waals surface area contributed by atoms with Crippen LogP contribution in [0.1, 0.15) is 23.8 Å². The van der Waals surface area contributed by atoms with Gasteiger partial charge in [0.25, 0.3) is 5.91 Å². The van der Waals surface area contributed by atoms with E-state index < -0.39 is 5.60 Å². The zero-order valence-corrected chi connectivity index (χ0v) is 11.9. The van der Waals surface area contributed by atoms with Crippen molar-refractivity contribution in [3.8, 4) is 0 Å². The number of rotatable bonds is 1. The average molecular weight is 310 g/mol. The van der Waals surface area contributed by atoms with Gasteiger partial charge >= 0.3 is 0 Å². The lowest BCUT2D eigenvalue weighted by molar-refractivity contribution is 0.0569. The van der Waals surface area contributed by atoms with Crippen LogP contribution in [0, 0.1) is 0 Å². The van der Waals surface area contributed by atoms with Crippen LogP contribution < -0.4 is 0 Å². The van der Waals surface area contributed by atoms with Gasteiger partial charge in [-0.1, -0.05) is 34.8 Å². The zero-order valence-electron chi connectivity index (χ0n) is 9.58. The quantitative estimate of drug-likeness (QED) is 0.867. The third-order valence-electron chi connectivity index (χ3n) is 2.86. The van der Waals surface area contributed by atoms with Crippen molar-refractivity contribution in [3.05, 3.63) is 27.0 Å². The van der Waals surface area contributed by atoms with Crippen LogP contribution >= 0.6 is 34.8 Å². The highest BCUT2D eigenvalue weighted by atomic mass is 35.5. The van der Waals surface area contributed by atoms with Crippen molar-refractivity contribution in [2.24, 2.45) is 0 Å². The van der Waals surface area contributed by atoms with Gasteiger partial charge in [-0.05, 0) is 13.3 Å². The minimum Gasteiger partial charge on any atom is -0.388 e. The molecule has 1 fully saturated rings. The van der Waals surface area contributed by atoms with Gasteiger partial charge in [-0.15, -0.1) is 0 Å². The third kappa shape index (κ3) is 2.57. The minimum atomic E-state index is -0.863. The molecule has 7 heteroatoms. The van der Waals surface area contributed by atoms with Gasteiger partial charge < -0.3 is 10.0 Å². The van der Waals surface area contributed by atoms with Gasteiger partial charge in [-0.25, -0.2) is 4.98 Å². The van der Waals surface area contributed by atoms with Crippen molar-refractivity contribution in [2.75, 3.05) is 13.1 Å². The summed E-state index contributed by atoms with van der Waals surface area (Å²) in [4.78, 5) is 17.6. The highest BCUT2D eigenvalue weighted by Crippen LogP contribution is 2.32. The number of carbonyl (C=O) groups excluding carboxylic acids is 1. The fraction of sp³-hybridized carbons (Fsp3) is 0.455. The second kappa shape index (κ2) is 4.85. The van der Waals surface area contributed by atoms with Crippen LogP contribution in [0.5, 0.6) is 0 Å². The molecule has 0 saturated carbocycles. The van der Waals surface area contributed by atoms with Crippen molar-refractivity contribution in [3.63, 3.8) is 0 Å². The van der Waals surface area contributed by atoms with Crippen LogP contribution in [-0.4, -0.2) is 39.6 Å². The Kier molecular flexibility index (Phi) is 3.74. The normalized spacial score (nSPS) is 23.5. The monoisotopic (exact) mass is 308 g/mol. The molecule has 0 aromatic carbocycles. The molecule has 0 radical (unpaired) electrons. The van der Waals surface area contributed by atoms with E-state index in [0.717, 1.165) is 0 Å². The summed E-state index contributed by atoms with van der Waals surface area (Å²) in [7, 11) is 0. The molecule has 18 heavy (non-hydrogen) atoms. The van der Waals surface area contributed by atoms with Crippen molar-refractivity contribution in [2.45, 2.75) is 18.9 Å². The maximum absolute atomic E-state index is 12.2. The molecule has 0 aliphatic carbocycles. The Morgan fingerprint density at radius 3 is 2.67 bits per heavy atom.